The van der Waals surface area contributed by atoms with Crippen molar-refractivity contribution in [2.45, 2.75) is 167 Å². The summed E-state index contributed by atoms with van der Waals surface area (Å²) in [5.74, 6) is -11.1. The largest absolute Gasteiger partial charge is 0.456 e. The zero-order valence-corrected chi connectivity index (χ0v) is 52.4. The van der Waals surface area contributed by atoms with Gasteiger partial charge in [-0.15, -0.1) is 0 Å². The molecule has 3 saturated heterocycles. The van der Waals surface area contributed by atoms with Crippen LogP contribution < -0.4 is 0 Å². The molecule has 474 valence electrons. The molecule has 2 bridgehead atoms. The number of fused-ring (bicyclic) bond motifs is 4. The fourth-order valence-electron chi connectivity index (χ4n) is 14.2. The van der Waals surface area contributed by atoms with E-state index < -0.39 is 89.6 Å². The number of piperidine rings is 1. The van der Waals surface area contributed by atoms with Gasteiger partial charge in [0.25, 0.3) is 11.7 Å². The number of Topliss-reactive ketones (excluding diaryl/α,β-unsaturated/α-hetero) is 2. The van der Waals surface area contributed by atoms with E-state index >= 15 is 0 Å². The highest BCUT2D eigenvalue weighted by Gasteiger charge is 2.56. The average Bonchev–Trinajstić information content (AvgIpc) is 1.09. The fraction of sp³-hybridized carbons (Fsp3) is 0.565. The lowest BCUT2D eigenvalue weighted by molar-refractivity contribution is -0.278. The molecule has 14 atom stereocenters. The number of aliphatic hydroxyl groups is 3. The van der Waals surface area contributed by atoms with Crippen molar-refractivity contribution in [3.63, 3.8) is 0 Å². The molecular weight excluding hydrogens is 1140 g/mol. The second-order valence-corrected chi connectivity index (χ2v) is 26.3. The van der Waals surface area contributed by atoms with Crippen molar-refractivity contribution < 1.29 is 63.1 Å². The van der Waals surface area contributed by atoms with Crippen LogP contribution in [0.2, 0.25) is 5.02 Å². The van der Waals surface area contributed by atoms with Crippen molar-refractivity contribution in [3.8, 4) is 22.3 Å². The average molecular weight is 1230 g/mol. The van der Waals surface area contributed by atoms with Crippen molar-refractivity contribution in [2.75, 3.05) is 39.8 Å². The second-order valence-electron chi connectivity index (χ2n) is 25.9. The Hall–Kier alpha value is -6.25. The van der Waals surface area contributed by atoms with Crippen LogP contribution in [0.15, 0.2) is 90.3 Å². The third kappa shape index (κ3) is 15.5. The monoisotopic (exact) mass is 1230 g/mol. The summed E-state index contributed by atoms with van der Waals surface area (Å²) in [5.41, 5.74) is 7.44. The number of halogens is 1. The van der Waals surface area contributed by atoms with Crippen molar-refractivity contribution in [1.29, 1.82) is 0 Å². The van der Waals surface area contributed by atoms with Crippen molar-refractivity contribution in [1.82, 2.24) is 24.7 Å². The van der Waals surface area contributed by atoms with Crippen LogP contribution >= 0.6 is 11.6 Å². The number of nitrogens with one attached hydrogen (secondary N) is 1. The smallest absolute Gasteiger partial charge is 0.329 e. The van der Waals surface area contributed by atoms with E-state index in [9.17, 15) is 48.9 Å². The fourth-order valence-corrected chi connectivity index (χ4v) is 14.4. The van der Waals surface area contributed by atoms with E-state index in [2.05, 4.69) is 40.2 Å². The molecular formula is C69H88ClN5O13. The molecule has 2 aromatic carbocycles. The minimum absolute atomic E-state index is 0.00736. The number of cyclic esters (lactones) is 1. The molecule has 0 spiro atoms. The summed E-state index contributed by atoms with van der Waals surface area (Å²) in [6, 6.07) is 17.1. The molecule has 4 aliphatic heterocycles. The number of benzene rings is 2. The maximum absolute atomic E-state index is 14.8. The van der Waals surface area contributed by atoms with Gasteiger partial charge < -0.3 is 53.9 Å². The number of aliphatic hydroxyl groups excluding tert-OH is 2. The zero-order valence-electron chi connectivity index (χ0n) is 51.7. The first kappa shape index (κ1) is 66.2. The normalized spacial score (nSPS) is 31.9. The van der Waals surface area contributed by atoms with Crippen LogP contribution in [0.3, 0.4) is 0 Å². The van der Waals surface area contributed by atoms with Crippen molar-refractivity contribution >= 4 is 64.6 Å². The van der Waals surface area contributed by atoms with E-state index in [0.717, 1.165) is 55.9 Å². The minimum Gasteiger partial charge on any atom is -0.456 e. The Kier molecular flexibility index (Phi) is 22.2. The van der Waals surface area contributed by atoms with Crippen LogP contribution in [-0.2, 0) is 54.3 Å². The Bertz CT molecular complexity index is 3210. The van der Waals surface area contributed by atoms with Crippen LogP contribution in [-0.4, -0.2) is 164 Å². The lowest BCUT2D eigenvalue weighted by Gasteiger charge is -2.45. The van der Waals surface area contributed by atoms with E-state index in [-0.39, 0.29) is 62.2 Å². The van der Waals surface area contributed by atoms with Crippen molar-refractivity contribution in [3.05, 3.63) is 101 Å². The third-order valence-corrected chi connectivity index (χ3v) is 19.6. The van der Waals surface area contributed by atoms with Gasteiger partial charge in [-0.25, -0.2) is 9.78 Å². The molecule has 6 heterocycles. The molecule has 5 aliphatic rings. The van der Waals surface area contributed by atoms with Gasteiger partial charge in [-0.3, -0.25) is 24.1 Å². The highest BCUT2D eigenvalue weighted by molar-refractivity contribution is 6.39. The predicted octanol–water partition coefficient (Wildman–Crippen LogP) is 9.04. The predicted molar refractivity (Wildman–Crippen MR) is 333 cm³/mol. The van der Waals surface area contributed by atoms with Gasteiger partial charge in [-0.2, -0.15) is 0 Å². The quantitative estimate of drug-likeness (QED) is 0.0422. The number of aromatic amines is 1. The molecule has 0 unspecified atom stereocenters. The van der Waals surface area contributed by atoms with Gasteiger partial charge in [0.05, 0.1) is 24.4 Å². The van der Waals surface area contributed by atoms with Crippen LogP contribution in [0.25, 0.3) is 33.3 Å². The van der Waals surface area contributed by atoms with Gasteiger partial charge in [0.15, 0.2) is 0 Å². The number of aromatic nitrogens is 2. The highest BCUT2D eigenvalue weighted by atomic mass is 35.5. The minimum atomic E-state index is -2.72. The first-order valence-corrected chi connectivity index (χ1v) is 32.0. The number of allylic oxidation sites excluding steroid dienone is 3. The molecule has 4 N–H and O–H groups in total. The number of H-pyrrole nitrogens is 1. The molecule has 1 aliphatic carbocycles. The Morgan fingerprint density at radius 1 is 0.875 bits per heavy atom. The SMILES string of the molecule is CO[C@@H]1C[C@H](/C=C(\C)[C@H]2OC(=O)[C@@H]3CCCCN3C(=O)C(=O)[C@]3(O)O[C@H]([C@@H](C=O)C[C@@H](C)C/C(C)=C/[C@@H](CCCC(=O)N4CCN(Cc5ccc(-c6cnc7[nH]cc(-c8cccc(Cl)c8)c7c6)cc5)CC4)C(=O)C[C@H](O)[C@H]2C)[C@@H](C=O)C[C@H]3C)CC[C@H]1O. The summed E-state index contributed by atoms with van der Waals surface area (Å²) < 4.78 is 18.1. The van der Waals surface area contributed by atoms with Gasteiger partial charge in [0.2, 0.25) is 11.7 Å². The molecule has 88 heavy (non-hydrogen) atoms. The van der Waals surface area contributed by atoms with E-state index in [1.54, 1.807) is 21.0 Å². The first-order valence-electron chi connectivity index (χ1n) is 31.6. The standard InChI is InChI=1S/C69H88ClN5O13/c1-41-27-42(2)29-52(39-76)64-53(40-77)31-44(4)69(85,88-64)65(82)67(83)75-22-8-7-14-57(75)68(84)87-63(43(3)30-47-18-21-58(78)61(32-47)86-6)45(5)59(79)35-60(80)50(28-41)12-10-15-62(81)74-25-23-73(24-26-74)38-46-16-19-48(20-17-46)51-34-55-56(37-72-66(55)71-36-51)49-11-9-13-54(70)33-49/h9,11,13,16-17,19-20,28,30,33-34,36-37,39-40,42,44-45,47,50,52-53,57-59,61,63-64,78-79,85H,7-8,10,12,14-15,18,21-27,29,31-32,35,38H2,1-6H3,(H,71,72)/b41-28+,43-30+/t42-,44+,45+,47-,50+,52+,53+,57-,58+,59-,61+,63+,64+,69+/m0/s1. The maximum atomic E-state index is 14.8. The summed E-state index contributed by atoms with van der Waals surface area (Å²) in [5, 5.41) is 36.6. The van der Waals surface area contributed by atoms with Crippen LogP contribution in [0.1, 0.15) is 124 Å². The number of methoxy groups -OCH3 is 1. The van der Waals surface area contributed by atoms with Gasteiger partial charge in [-0.05, 0) is 137 Å². The van der Waals surface area contributed by atoms with E-state index in [0.29, 0.717) is 101 Å². The summed E-state index contributed by atoms with van der Waals surface area (Å²) in [6.07, 6.45) is 8.04. The van der Waals surface area contributed by atoms with Crippen LogP contribution in [0.4, 0.5) is 0 Å². The number of carbonyl (C=O) groups excluding carboxylic acids is 7. The zero-order chi connectivity index (χ0) is 63.0. The molecule has 2 amide bonds. The van der Waals surface area contributed by atoms with Gasteiger partial charge in [-0.1, -0.05) is 86.5 Å². The molecule has 0 radical (unpaired) electrons. The molecule has 18 nitrogen and oxygen atoms in total. The highest BCUT2D eigenvalue weighted by Crippen LogP contribution is 2.42. The van der Waals surface area contributed by atoms with E-state index in [1.165, 1.54) is 6.92 Å². The Balaban J connectivity index is 0.894. The molecule has 1 saturated carbocycles. The summed E-state index contributed by atoms with van der Waals surface area (Å²) in [6.45, 7) is 12.0. The number of piperazine rings is 1. The number of hydrogen-bond donors (Lipinski definition) is 4. The number of carbonyl (C=O) groups is 7. The van der Waals surface area contributed by atoms with Crippen LogP contribution in [0, 0.1) is 41.4 Å². The number of nitrogens with zero attached hydrogens (tertiary/aromatic N) is 4. The number of amides is 2. The van der Waals surface area contributed by atoms with Gasteiger partial charge in [0, 0.05) is 123 Å². The lowest BCUT2D eigenvalue weighted by atomic mass is 9.75. The number of ketones is 2. The summed E-state index contributed by atoms with van der Waals surface area (Å²) in [4.78, 5) is 111. The topological polar surface area (TPSA) is 246 Å². The number of esters is 1. The lowest BCUT2D eigenvalue weighted by Crippen LogP contribution is -2.63. The molecule has 4 aromatic rings. The third-order valence-electron chi connectivity index (χ3n) is 19.4. The number of hydrogen-bond acceptors (Lipinski definition) is 15. The number of ether oxygens (including phenoxy) is 3. The Morgan fingerprint density at radius 2 is 1.61 bits per heavy atom. The first-order chi connectivity index (χ1) is 42.2. The van der Waals surface area contributed by atoms with Crippen LogP contribution in [0.5, 0.6) is 0 Å². The summed E-state index contributed by atoms with van der Waals surface area (Å²) >= 11 is 6.32. The molecule has 9 rings (SSSR count). The second kappa shape index (κ2) is 29.6. The number of aldehydes is 2. The molecule has 19 heteroatoms. The number of pyridine rings is 1. The van der Waals surface area contributed by atoms with E-state index in [4.69, 9.17) is 30.8 Å². The van der Waals surface area contributed by atoms with E-state index in [1.807, 2.05) is 67.6 Å². The molecule has 4 fully saturated rings. The summed E-state index contributed by atoms with van der Waals surface area (Å²) in [7, 11) is 1.54. The van der Waals surface area contributed by atoms with Crippen molar-refractivity contribution in [2.24, 2.45) is 41.4 Å². The van der Waals surface area contributed by atoms with Gasteiger partial charge >= 0.3 is 5.97 Å². The Labute approximate surface area is 521 Å². The maximum Gasteiger partial charge on any atom is 0.329 e. The molecule has 2 aromatic heterocycles. The Morgan fingerprint density at radius 3 is 2.33 bits per heavy atom. The number of rotatable bonds is 13. The van der Waals surface area contributed by atoms with Gasteiger partial charge in [0.1, 0.15) is 36.1 Å².